The summed E-state index contributed by atoms with van der Waals surface area (Å²) in [7, 11) is 0. The maximum Gasteiger partial charge on any atom is 0.354 e. The van der Waals surface area contributed by atoms with Gasteiger partial charge in [0.2, 0.25) is 0 Å². The number of Topliss-reactive ketones (excluding diaryl/α,β-unsaturated/α-hetero) is 1. The number of hydrogen-bond donors (Lipinski definition) is 2. The van der Waals surface area contributed by atoms with Crippen molar-refractivity contribution in [3.63, 3.8) is 0 Å². The predicted octanol–water partition coefficient (Wildman–Crippen LogP) is 2.12. The lowest BCUT2D eigenvalue weighted by Gasteiger charge is -2.06. The molecule has 0 aliphatic carbocycles. The molecule has 0 atom stereocenters. The van der Waals surface area contributed by atoms with Crippen molar-refractivity contribution in [3.8, 4) is 0 Å². The predicted molar refractivity (Wildman–Crippen MR) is 68.7 cm³/mol. The number of nitrogens with zero attached hydrogens (tertiary/aromatic N) is 2. The Labute approximate surface area is 109 Å². The minimum Gasteiger partial charge on any atom is -0.477 e. The van der Waals surface area contributed by atoms with Crippen molar-refractivity contribution in [3.05, 3.63) is 47.9 Å². The van der Waals surface area contributed by atoms with Gasteiger partial charge in [-0.3, -0.25) is 4.79 Å². The van der Waals surface area contributed by atoms with E-state index in [0.29, 0.717) is 17.1 Å². The molecule has 2 N–H and O–H groups in total. The zero-order chi connectivity index (χ0) is 13.8. The van der Waals surface area contributed by atoms with Gasteiger partial charge in [0.15, 0.2) is 11.5 Å². The molecule has 0 bridgehead atoms. The molecule has 0 amide bonds. The molecule has 6 nitrogen and oxygen atoms in total. The van der Waals surface area contributed by atoms with E-state index in [1.54, 1.807) is 24.3 Å². The Hall–Kier alpha value is -2.76. The van der Waals surface area contributed by atoms with E-state index in [-0.39, 0.29) is 11.5 Å². The lowest BCUT2D eigenvalue weighted by Crippen LogP contribution is -2.03. The molecule has 0 radical (unpaired) electrons. The molecule has 0 saturated carbocycles. The number of ketones is 1. The number of benzene rings is 1. The normalized spacial score (nSPS) is 9.95. The van der Waals surface area contributed by atoms with Crippen LogP contribution < -0.4 is 5.32 Å². The van der Waals surface area contributed by atoms with Crippen molar-refractivity contribution >= 4 is 23.3 Å². The van der Waals surface area contributed by atoms with Gasteiger partial charge in [0.25, 0.3) is 0 Å². The van der Waals surface area contributed by atoms with E-state index in [9.17, 15) is 9.59 Å². The van der Waals surface area contributed by atoms with Crippen molar-refractivity contribution in [1.29, 1.82) is 0 Å². The van der Waals surface area contributed by atoms with Gasteiger partial charge in [0.05, 0.1) is 0 Å². The maximum absolute atomic E-state index is 11.3. The first-order valence-corrected chi connectivity index (χ1v) is 5.49. The van der Waals surface area contributed by atoms with Crippen molar-refractivity contribution in [2.75, 3.05) is 5.32 Å². The van der Waals surface area contributed by atoms with Crippen LogP contribution in [0.3, 0.4) is 0 Å². The number of carbonyl (C=O) groups excluding carboxylic acids is 1. The van der Waals surface area contributed by atoms with Crippen molar-refractivity contribution in [2.45, 2.75) is 6.92 Å². The minimum absolute atomic E-state index is 0.0439. The highest BCUT2D eigenvalue weighted by atomic mass is 16.4. The number of aromatic nitrogens is 2. The molecule has 0 aliphatic heterocycles. The molecule has 0 saturated heterocycles. The topological polar surface area (TPSA) is 92.2 Å². The lowest BCUT2D eigenvalue weighted by atomic mass is 10.1. The van der Waals surface area contributed by atoms with Gasteiger partial charge in [-0.25, -0.2) is 14.8 Å². The third-order valence-corrected chi connectivity index (χ3v) is 2.43. The Kier molecular flexibility index (Phi) is 3.51. The van der Waals surface area contributed by atoms with Crippen LogP contribution in [0.5, 0.6) is 0 Å². The highest BCUT2D eigenvalue weighted by Crippen LogP contribution is 2.16. The SMILES string of the molecule is CC(=O)c1cccc(Nc2cc(C(=O)O)ncn2)c1. The Morgan fingerprint density at radius 2 is 2.00 bits per heavy atom. The molecular formula is C13H11N3O3. The molecule has 1 aromatic heterocycles. The van der Waals surface area contributed by atoms with Crippen LogP contribution in [-0.2, 0) is 0 Å². The number of carboxylic acid groups (broad SMARTS) is 1. The van der Waals surface area contributed by atoms with Gasteiger partial charge in [-0.1, -0.05) is 12.1 Å². The number of rotatable bonds is 4. The quantitative estimate of drug-likeness (QED) is 0.815. The Morgan fingerprint density at radius 1 is 1.21 bits per heavy atom. The van der Waals surface area contributed by atoms with E-state index in [0.717, 1.165) is 0 Å². The van der Waals surface area contributed by atoms with Crippen LogP contribution in [0, 0.1) is 0 Å². The number of nitrogens with one attached hydrogen (secondary N) is 1. The highest BCUT2D eigenvalue weighted by Gasteiger charge is 2.06. The number of anilines is 2. The largest absolute Gasteiger partial charge is 0.477 e. The summed E-state index contributed by atoms with van der Waals surface area (Å²) < 4.78 is 0. The van der Waals surface area contributed by atoms with E-state index < -0.39 is 5.97 Å². The molecule has 1 aromatic carbocycles. The first kappa shape index (κ1) is 12.7. The Bertz CT molecular complexity index is 585. The molecular weight excluding hydrogens is 246 g/mol. The number of aromatic carboxylic acids is 1. The summed E-state index contributed by atoms with van der Waals surface area (Å²) in [5.74, 6) is -0.811. The molecule has 0 aliphatic rings. The van der Waals surface area contributed by atoms with Crippen LogP contribution in [-0.4, -0.2) is 26.8 Å². The fourth-order valence-electron chi connectivity index (χ4n) is 1.51. The average molecular weight is 257 g/mol. The maximum atomic E-state index is 11.3. The molecule has 1 heterocycles. The lowest BCUT2D eigenvalue weighted by molar-refractivity contribution is 0.0690. The molecule has 96 valence electrons. The summed E-state index contributed by atoms with van der Waals surface area (Å²) in [6.45, 7) is 1.48. The van der Waals surface area contributed by atoms with Gasteiger partial charge in [0.1, 0.15) is 12.1 Å². The zero-order valence-electron chi connectivity index (χ0n) is 10.1. The van der Waals surface area contributed by atoms with Crippen LogP contribution in [0.4, 0.5) is 11.5 Å². The van der Waals surface area contributed by atoms with Crippen molar-refractivity contribution in [1.82, 2.24) is 9.97 Å². The molecule has 2 rings (SSSR count). The third-order valence-electron chi connectivity index (χ3n) is 2.43. The molecule has 0 spiro atoms. The van der Waals surface area contributed by atoms with E-state index in [2.05, 4.69) is 15.3 Å². The minimum atomic E-state index is -1.12. The summed E-state index contributed by atoms with van der Waals surface area (Å²) in [6, 6.07) is 8.19. The number of hydrogen-bond acceptors (Lipinski definition) is 5. The summed E-state index contributed by atoms with van der Waals surface area (Å²) in [5, 5.41) is 11.8. The zero-order valence-corrected chi connectivity index (χ0v) is 10.1. The number of carbonyl (C=O) groups is 2. The van der Waals surface area contributed by atoms with Crippen LogP contribution >= 0.6 is 0 Å². The van der Waals surface area contributed by atoms with Crippen LogP contribution in [0.2, 0.25) is 0 Å². The highest BCUT2D eigenvalue weighted by molar-refractivity contribution is 5.95. The summed E-state index contributed by atoms with van der Waals surface area (Å²) in [4.78, 5) is 29.6. The monoisotopic (exact) mass is 257 g/mol. The Morgan fingerprint density at radius 3 is 2.68 bits per heavy atom. The fourth-order valence-corrected chi connectivity index (χ4v) is 1.51. The van der Waals surface area contributed by atoms with E-state index in [4.69, 9.17) is 5.11 Å². The standard InChI is InChI=1S/C13H11N3O3/c1-8(17)9-3-2-4-10(5-9)16-12-6-11(13(18)19)14-7-15-12/h2-7H,1H3,(H,18,19)(H,14,15,16). The van der Waals surface area contributed by atoms with Gasteiger partial charge in [-0.2, -0.15) is 0 Å². The first-order valence-electron chi connectivity index (χ1n) is 5.49. The van der Waals surface area contributed by atoms with E-state index in [1.165, 1.54) is 19.3 Å². The van der Waals surface area contributed by atoms with Gasteiger partial charge in [-0.15, -0.1) is 0 Å². The summed E-state index contributed by atoms with van der Waals surface area (Å²) in [6.07, 6.45) is 1.17. The molecule has 0 unspecified atom stereocenters. The summed E-state index contributed by atoms with van der Waals surface area (Å²) >= 11 is 0. The molecule has 6 heteroatoms. The van der Waals surface area contributed by atoms with Crippen LogP contribution in [0.25, 0.3) is 0 Å². The molecule has 0 fully saturated rings. The third kappa shape index (κ3) is 3.12. The molecule has 19 heavy (non-hydrogen) atoms. The smallest absolute Gasteiger partial charge is 0.354 e. The van der Waals surface area contributed by atoms with Gasteiger partial charge in [0, 0.05) is 17.3 Å². The van der Waals surface area contributed by atoms with Crippen LogP contribution in [0.15, 0.2) is 36.7 Å². The van der Waals surface area contributed by atoms with Crippen LogP contribution in [0.1, 0.15) is 27.8 Å². The van der Waals surface area contributed by atoms with E-state index >= 15 is 0 Å². The second-order valence-corrected chi connectivity index (χ2v) is 3.86. The first-order chi connectivity index (χ1) is 9.06. The summed E-state index contributed by atoms with van der Waals surface area (Å²) in [5.41, 5.74) is 1.13. The number of carboxylic acids is 1. The van der Waals surface area contributed by atoms with Crippen molar-refractivity contribution < 1.29 is 14.7 Å². The van der Waals surface area contributed by atoms with Crippen molar-refractivity contribution in [2.24, 2.45) is 0 Å². The second kappa shape index (κ2) is 5.26. The Balaban J connectivity index is 2.26. The van der Waals surface area contributed by atoms with E-state index in [1.807, 2.05) is 0 Å². The molecule has 2 aromatic rings. The average Bonchev–Trinajstić information content (AvgIpc) is 2.39. The second-order valence-electron chi connectivity index (χ2n) is 3.86. The van der Waals surface area contributed by atoms with Gasteiger partial charge in [-0.05, 0) is 19.1 Å². The fraction of sp³-hybridized carbons (Fsp3) is 0.0769. The van der Waals surface area contributed by atoms with Gasteiger partial charge < -0.3 is 10.4 Å². The van der Waals surface area contributed by atoms with Gasteiger partial charge >= 0.3 is 5.97 Å².